The Labute approximate surface area is 312 Å². The minimum atomic E-state index is -1.49. The van der Waals surface area contributed by atoms with Crippen molar-refractivity contribution in [3.8, 4) is 0 Å². The van der Waals surface area contributed by atoms with Gasteiger partial charge < -0.3 is 33.2 Å². The molecule has 0 radical (unpaired) electrons. The van der Waals surface area contributed by atoms with Gasteiger partial charge in [0, 0.05) is 17.8 Å². The van der Waals surface area contributed by atoms with Crippen molar-refractivity contribution in [1.29, 1.82) is 0 Å². The fourth-order valence-corrected chi connectivity index (χ4v) is 8.39. The summed E-state index contributed by atoms with van der Waals surface area (Å²) in [5.41, 5.74) is 3.80. The van der Waals surface area contributed by atoms with E-state index in [1.807, 2.05) is 127 Å². The normalized spacial score (nSPS) is 31.2. The molecule has 0 N–H and O–H groups in total. The molecular weight excluding hydrogens is 668 g/mol. The fraction of sp³-hybridized carbons (Fsp3) is 0.400. The second kappa shape index (κ2) is 15.8. The molecule has 4 aromatic carbocycles. The molecule has 1 saturated carbocycles. The zero-order chi connectivity index (χ0) is 36.3. The van der Waals surface area contributed by atoms with Crippen LogP contribution in [0.2, 0.25) is 0 Å². The third-order valence-corrected chi connectivity index (χ3v) is 11.4. The van der Waals surface area contributed by atoms with Crippen LogP contribution in [0.4, 0.5) is 0 Å². The molecule has 3 aliphatic carbocycles. The maximum atomic E-state index is 14.4. The molecule has 53 heavy (non-hydrogen) atoms. The lowest BCUT2D eigenvalue weighted by Crippen LogP contribution is -2.67. The Kier molecular flexibility index (Phi) is 10.7. The van der Waals surface area contributed by atoms with Crippen LogP contribution >= 0.6 is 0 Å². The summed E-state index contributed by atoms with van der Waals surface area (Å²) in [6.45, 7) is 6.20. The Balaban J connectivity index is 1.15. The second-order valence-electron chi connectivity index (χ2n) is 15.1. The molecule has 0 aromatic heterocycles. The first-order valence-electron chi connectivity index (χ1n) is 18.7. The van der Waals surface area contributed by atoms with Gasteiger partial charge in [-0.05, 0) is 27.7 Å². The predicted molar refractivity (Wildman–Crippen MR) is 198 cm³/mol. The Hall–Kier alpha value is -3.99. The number of benzene rings is 4. The van der Waals surface area contributed by atoms with Crippen LogP contribution in [0.1, 0.15) is 36.1 Å². The van der Waals surface area contributed by atoms with Crippen molar-refractivity contribution in [3.63, 3.8) is 0 Å². The van der Waals surface area contributed by atoms with E-state index in [2.05, 4.69) is 19.9 Å². The first kappa shape index (κ1) is 36.0. The van der Waals surface area contributed by atoms with E-state index in [1.54, 1.807) is 0 Å². The predicted octanol–water partition coefficient (Wildman–Crippen LogP) is 7.45. The van der Waals surface area contributed by atoms with E-state index in [4.69, 9.17) is 33.2 Å². The maximum absolute atomic E-state index is 14.4. The minimum absolute atomic E-state index is 0.0739. The number of allylic oxidation sites excluding steroid dienone is 1. The smallest absolute Gasteiger partial charge is 0.238 e. The van der Waals surface area contributed by atoms with Gasteiger partial charge in [0.25, 0.3) is 0 Å². The van der Waals surface area contributed by atoms with Crippen LogP contribution in [0.3, 0.4) is 0 Å². The van der Waals surface area contributed by atoms with Crippen LogP contribution in [0.15, 0.2) is 133 Å². The average Bonchev–Trinajstić information content (AvgIpc) is 3.56. The molecule has 4 aromatic rings. The summed E-state index contributed by atoms with van der Waals surface area (Å²) in [7, 11) is 0. The van der Waals surface area contributed by atoms with Gasteiger partial charge in [-0.2, -0.15) is 0 Å². The monoisotopic (exact) mass is 716 g/mol. The Morgan fingerprint density at radius 2 is 1.11 bits per heavy atom. The SMILES string of the molecule is CC1(C)[C@@H]2C=C[C@@H]3[C@H]1CO[C@]3(O[C@@H]1O[C@H](COCc3ccccc3)[C@@H](OCc3ccccc3)[C@H](OCc3ccccc3)[C@H]1OCc1ccccc1)C2=O. The standard InChI is InChI=1S/C45H48O8/c1-44(2)36-24-23-35-37(44)29-51-45(35,42(36)46)53-43-41(50-28-34-21-13-6-14-22-34)40(49-27-33-19-11-5-12-20-33)39(48-26-32-17-9-4-10-18-32)38(52-43)30-47-25-31-15-7-3-8-16-31/h3-24,35-41,43H,25-30H2,1-2H3/t35-,36-,37-,38-,39-,40+,41-,43+,45-/m1/s1. The summed E-state index contributed by atoms with van der Waals surface area (Å²) in [6, 6.07) is 40.1. The van der Waals surface area contributed by atoms with Crippen molar-refractivity contribution in [3.05, 3.63) is 156 Å². The molecule has 8 nitrogen and oxygen atoms in total. The molecule has 2 aliphatic heterocycles. The number of carbonyl (C=O) groups is 1. The number of Topliss-reactive ketones (excluding diaryl/α,β-unsaturated/α-hetero) is 1. The minimum Gasteiger partial charge on any atom is -0.374 e. The number of ether oxygens (including phenoxy) is 7. The van der Waals surface area contributed by atoms with Gasteiger partial charge in [0.15, 0.2) is 12.1 Å². The van der Waals surface area contributed by atoms with Crippen molar-refractivity contribution in [2.45, 2.75) is 76.8 Å². The molecule has 276 valence electrons. The van der Waals surface area contributed by atoms with Crippen LogP contribution < -0.4 is 0 Å². The Bertz CT molecular complexity index is 1820. The first-order chi connectivity index (χ1) is 25.9. The molecule has 8 heteroatoms. The summed E-state index contributed by atoms with van der Waals surface area (Å²) >= 11 is 0. The van der Waals surface area contributed by atoms with Gasteiger partial charge in [-0.3, -0.25) is 4.79 Å². The zero-order valence-electron chi connectivity index (χ0n) is 30.3. The number of carbonyl (C=O) groups excluding carboxylic acids is 1. The van der Waals surface area contributed by atoms with Crippen LogP contribution in [0.5, 0.6) is 0 Å². The molecule has 2 saturated heterocycles. The molecule has 4 bridgehead atoms. The van der Waals surface area contributed by atoms with Gasteiger partial charge in [0.2, 0.25) is 5.79 Å². The zero-order valence-corrected chi connectivity index (χ0v) is 30.3. The molecule has 0 spiro atoms. The van der Waals surface area contributed by atoms with Gasteiger partial charge in [0.1, 0.15) is 24.4 Å². The number of ketones is 1. The lowest BCUT2D eigenvalue weighted by atomic mass is 9.53. The summed E-state index contributed by atoms with van der Waals surface area (Å²) in [5.74, 6) is -2.02. The van der Waals surface area contributed by atoms with E-state index in [0.29, 0.717) is 26.4 Å². The molecular formula is C45H48O8. The van der Waals surface area contributed by atoms with Crippen molar-refractivity contribution < 1.29 is 38.0 Å². The van der Waals surface area contributed by atoms with E-state index >= 15 is 0 Å². The largest absolute Gasteiger partial charge is 0.374 e. The van der Waals surface area contributed by atoms with Crippen molar-refractivity contribution >= 4 is 5.78 Å². The summed E-state index contributed by atoms with van der Waals surface area (Å²) in [6.07, 6.45) is 0.358. The van der Waals surface area contributed by atoms with E-state index in [-0.39, 0.29) is 42.2 Å². The fourth-order valence-electron chi connectivity index (χ4n) is 8.39. The van der Waals surface area contributed by atoms with Crippen LogP contribution in [0.25, 0.3) is 0 Å². The Morgan fingerprint density at radius 3 is 1.66 bits per heavy atom. The van der Waals surface area contributed by atoms with Crippen LogP contribution in [-0.4, -0.2) is 55.5 Å². The summed E-state index contributed by atoms with van der Waals surface area (Å²) < 4.78 is 47.2. The average molecular weight is 717 g/mol. The lowest BCUT2D eigenvalue weighted by Gasteiger charge is -2.53. The quantitative estimate of drug-likeness (QED) is 0.117. The van der Waals surface area contributed by atoms with Crippen molar-refractivity contribution in [2.75, 3.05) is 13.2 Å². The van der Waals surface area contributed by atoms with E-state index in [9.17, 15) is 4.79 Å². The third kappa shape index (κ3) is 7.42. The topological polar surface area (TPSA) is 81.7 Å². The Morgan fingerprint density at radius 1 is 0.623 bits per heavy atom. The van der Waals surface area contributed by atoms with Gasteiger partial charge in [-0.15, -0.1) is 0 Å². The molecule has 9 atom stereocenters. The van der Waals surface area contributed by atoms with E-state index in [0.717, 1.165) is 22.3 Å². The number of rotatable bonds is 15. The number of hydrogen-bond acceptors (Lipinski definition) is 8. The van der Waals surface area contributed by atoms with Crippen LogP contribution in [-0.2, 0) is 64.4 Å². The van der Waals surface area contributed by atoms with Gasteiger partial charge in [-0.1, -0.05) is 147 Å². The highest BCUT2D eigenvalue weighted by Gasteiger charge is 2.70. The maximum Gasteiger partial charge on any atom is 0.238 e. The highest BCUT2D eigenvalue weighted by Crippen LogP contribution is 2.60. The van der Waals surface area contributed by atoms with E-state index < -0.39 is 36.5 Å². The molecule has 0 unspecified atom stereocenters. The summed E-state index contributed by atoms with van der Waals surface area (Å²) in [5, 5.41) is 0. The molecule has 0 amide bonds. The van der Waals surface area contributed by atoms with Crippen molar-refractivity contribution in [2.24, 2.45) is 23.2 Å². The summed E-state index contributed by atoms with van der Waals surface area (Å²) in [4.78, 5) is 14.4. The lowest BCUT2D eigenvalue weighted by molar-refractivity contribution is -0.373. The van der Waals surface area contributed by atoms with Gasteiger partial charge in [-0.25, -0.2) is 0 Å². The molecule has 2 heterocycles. The third-order valence-electron chi connectivity index (χ3n) is 11.4. The van der Waals surface area contributed by atoms with E-state index in [1.165, 1.54) is 0 Å². The van der Waals surface area contributed by atoms with Crippen molar-refractivity contribution in [1.82, 2.24) is 0 Å². The highest BCUT2D eigenvalue weighted by atomic mass is 16.8. The highest BCUT2D eigenvalue weighted by molar-refractivity contribution is 5.93. The number of hydrogen-bond donors (Lipinski definition) is 0. The molecule has 3 fully saturated rings. The van der Waals surface area contributed by atoms with Gasteiger partial charge in [0.05, 0.1) is 39.6 Å². The van der Waals surface area contributed by atoms with Crippen LogP contribution in [0, 0.1) is 23.2 Å². The molecule has 9 rings (SSSR count). The van der Waals surface area contributed by atoms with Gasteiger partial charge >= 0.3 is 0 Å². The molecule has 5 aliphatic rings. The first-order valence-corrected chi connectivity index (χ1v) is 18.7. The second-order valence-corrected chi connectivity index (χ2v) is 15.1.